The van der Waals surface area contributed by atoms with Crippen molar-refractivity contribution in [2.45, 2.75) is 26.3 Å². The number of carbonyl (C=O) groups is 3. The first-order valence-electron chi connectivity index (χ1n) is 12.4. The van der Waals surface area contributed by atoms with Crippen LogP contribution in [0, 0.1) is 0 Å². The Labute approximate surface area is 257 Å². The number of amides is 1. The average Bonchev–Trinajstić information content (AvgIpc) is 3.52. The van der Waals surface area contributed by atoms with Gasteiger partial charge in [-0.25, -0.2) is 0 Å². The number of nitrogens with zero attached hydrogens (tertiary/aromatic N) is 3. The van der Waals surface area contributed by atoms with Gasteiger partial charge in [0.1, 0.15) is 32.7 Å². The molecule has 14 nitrogen and oxygen atoms in total. The number of unbranched alkanes of at least 4 members (excludes halogenated alkanes) is 1. The molecule has 2 aliphatic heterocycles. The Hall–Kier alpha value is -3.71. The van der Waals surface area contributed by atoms with Crippen LogP contribution in [0.5, 0.6) is 11.5 Å². The largest absolute Gasteiger partial charge is 0.497 e. The van der Waals surface area contributed by atoms with E-state index in [4.69, 9.17) is 31.4 Å². The highest BCUT2D eigenvalue weighted by Gasteiger charge is 2.35. The molecule has 0 spiro atoms. The Morgan fingerprint density at radius 1 is 1.12 bits per heavy atom. The van der Waals surface area contributed by atoms with Crippen LogP contribution in [0.4, 0.5) is 5.69 Å². The summed E-state index contributed by atoms with van der Waals surface area (Å²) in [6, 6.07) is 5.11. The maximum Gasteiger partial charge on any atom is 0.323 e. The zero-order chi connectivity index (χ0) is 31.6. The van der Waals surface area contributed by atoms with Crippen molar-refractivity contribution in [1.29, 1.82) is 0 Å². The average molecular weight is 672 g/mol. The van der Waals surface area contributed by atoms with E-state index in [2.05, 4.69) is 0 Å². The van der Waals surface area contributed by atoms with Crippen molar-refractivity contribution >= 4 is 84.3 Å². The summed E-state index contributed by atoms with van der Waals surface area (Å²) in [4.78, 5) is 51.8. The lowest BCUT2D eigenvalue weighted by Gasteiger charge is -2.19. The SMILES string of the molecule is COc1ccc2c(c1)N(CCCCS(=O)(=O)O)C(=C(C)C=c1s/c(=C3/SC(=S)N(CC(=O)O)C3=O)n(CC(=O)O)c1=O)O2. The predicted octanol–water partition coefficient (Wildman–Crippen LogP) is 0.635. The molecule has 3 N–H and O–H groups in total. The number of hydrogen-bond acceptors (Lipinski definition) is 12. The number of benzene rings is 1. The lowest BCUT2D eigenvalue weighted by molar-refractivity contribution is -0.140. The van der Waals surface area contributed by atoms with Gasteiger partial charge in [-0.2, -0.15) is 8.42 Å². The molecule has 0 aliphatic carbocycles. The van der Waals surface area contributed by atoms with Gasteiger partial charge in [-0.3, -0.25) is 33.2 Å². The number of anilines is 1. The highest BCUT2D eigenvalue weighted by molar-refractivity contribution is 8.30. The molecule has 0 unspecified atom stereocenters. The van der Waals surface area contributed by atoms with Crippen molar-refractivity contribution in [3.63, 3.8) is 0 Å². The van der Waals surface area contributed by atoms with Crippen LogP contribution in [0.25, 0.3) is 11.0 Å². The van der Waals surface area contributed by atoms with Crippen molar-refractivity contribution in [3.05, 3.63) is 49.2 Å². The van der Waals surface area contributed by atoms with E-state index in [1.165, 1.54) is 13.2 Å². The number of aliphatic carboxylic acids is 2. The van der Waals surface area contributed by atoms with Crippen LogP contribution in [0.1, 0.15) is 19.8 Å². The Kier molecular flexibility index (Phi) is 9.65. The number of carboxylic acid groups (broad SMARTS) is 2. The fraction of sp³-hybridized carbons (Fsp3) is 0.320. The van der Waals surface area contributed by atoms with Crippen LogP contribution < -0.4 is 29.1 Å². The maximum atomic E-state index is 13.4. The van der Waals surface area contributed by atoms with Crippen LogP contribution in [0.2, 0.25) is 0 Å². The molecule has 1 aromatic heterocycles. The zero-order valence-electron chi connectivity index (χ0n) is 22.6. The Morgan fingerprint density at radius 3 is 2.44 bits per heavy atom. The summed E-state index contributed by atoms with van der Waals surface area (Å²) >= 11 is 6.78. The number of thiazole rings is 1. The summed E-state index contributed by atoms with van der Waals surface area (Å²) in [6.07, 6.45) is 2.01. The van der Waals surface area contributed by atoms with Gasteiger partial charge in [-0.15, -0.1) is 11.3 Å². The molecule has 3 heterocycles. The topological polar surface area (TPSA) is 193 Å². The first-order chi connectivity index (χ1) is 20.2. The Balaban J connectivity index is 1.82. The number of fused-ring (bicyclic) bond motifs is 1. The molecular formula is C25H25N3O11S4. The first-order valence-corrected chi connectivity index (χ1v) is 16.1. The molecule has 230 valence electrons. The normalized spacial score (nSPS) is 17.8. The number of rotatable bonds is 11. The third kappa shape index (κ3) is 7.27. The molecule has 0 bridgehead atoms. The van der Waals surface area contributed by atoms with Gasteiger partial charge in [-0.05, 0) is 38.0 Å². The molecule has 2 aliphatic rings. The Morgan fingerprint density at radius 2 is 1.81 bits per heavy atom. The van der Waals surface area contributed by atoms with Crippen molar-refractivity contribution in [3.8, 4) is 11.5 Å². The molecule has 1 aromatic carbocycles. The smallest absolute Gasteiger partial charge is 0.323 e. The molecule has 4 rings (SSSR count). The molecule has 1 saturated heterocycles. The molecule has 1 fully saturated rings. The summed E-state index contributed by atoms with van der Waals surface area (Å²) in [6.45, 7) is 0.514. The van der Waals surface area contributed by atoms with Crippen molar-refractivity contribution in [2.24, 2.45) is 0 Å². The van der Waals surface area contributed by atoms with Gasteiger partial charge >= 0.3 is 11.9 Å². The number of thiocarbonyl (C=S) groups is 1. The number of methoxy groups -OCH3 is 1. The monoisotopic (exact) mass is 671 g/mol. The van der Waals surface area contributed by atoms with Gasteiger partial charge in [0.2, 0.25) is 5.88 Å². The minimum absolute atomic E-state index is 0.0177. The van der Waals surface area contributed by atoms with E-state index in [1.54, 1.807) is 30.0 Å². The van der Waals surface area contributed by atoms with Crippen LogP contribution in [-0.2, 0) is 31.0 Å². The lowest BCUT2D eigenvalue weighted by atomic mass is 10.2. The highest BCUT2D eigenvalue weighted by atomic mass is 32.2. The molecule has 18 heteroatoms. The number of thioether (sulfide) groups is 1. The van der Waals surface area contributed by atoms with Crippen LogP contribution in [0.15, 0.2) is 34.4 Å². The molecule has 2 aromatic rings. The van der Waals surface area contributed by atoms with Crippen LogP contribution in [0.3, 0.4) is 0 Å². The molecule has 0 radical (unpaired) electrons. The molecule has 1 amide bonds. The second kappa shape index (κ2) is 12.9. The fourth-order valence-electron chi connectivity index (χ4n) is 4.28. The van der Waals surface area contributed by atoms with Crippen molar-refractivity contribution in [2.75, 3.05) is 30.9 Å². The predicted molar refractivity (Wildman–Crippen MR) is 162 cm³/mol. The van der Waals surface area contributed by atoms with E-state index >= 15 is 0 Å². The number of carbonyl (C=O) groups excluding carboxylic acids is 1. The van der Waals surface area contributed by atoms with E-state index in [0.717, 1.165) is 32.6 Å². The second-order valence-electron chi connectivity index (χ2n) is 9.25. The van der Waals surface area contributed by atoms with E-state index in [1.807, 2.05) is 0 Å². The number of ether oxygens (including phenoxy) is 2. The third-order valence-corrected chi connectivity index (χ3v) is 9.67. The molecular weight excluding hydrogens is 647 g/mol. The number of allylic oxidation sites excluding steroid dienone is 1. The van der Waals surface area contributed by atoms with E-state index in [0.29, 0.717) is 35.1 Å². The number of hydrogen-bond donors (Lipinski definition) is 3. The standard InChI is InChI=1S/C25H25N3O11S4/c1-13(23-26(7-3-4-8-43(35,36)37)15-10-14(38-2)5-6-16(15)39-23)9-17-21(33)27(11-18(29)30)24(41-17)20-22(34)28(12-19(31)32)25(40)42-20/h5-6,9-10H,3-4,7-8,11-12H2,1-2H3,(H,29,30)(H,31,32)(H,35,36,37)/b17-9?,23-13?,24-20+. The van der Waals surface area contributed by atoms with Gasteiger partial charge < -0.3 is 24.6 Å². The van der Waals surface area contributed by atoms with Gasteiger partial charge in [0.15, 0.2) is 5.75 Å². The van der Waals surface area contributed by atoms with Crippen molar-refractivity contribution in [1.82, 2.24) is 9.47 Å². The summed E-state index contributed by atoms with van der Waals surface area (Å²) in [7, 11) is -2.63. The van der Waals surface area contributed by atoms with E-state index < -0.39 is 52.4 Å². The number of aromatic nitrogens is 1. The van der Waals surface area contributed by atoms with Gasteiger partial charge in [0.05, 0.1) is 23.1 Å². The quantitative estimate of drug-likeness (QED) is 0.171. The summed E-state index contributed by atoms with van der Waals surface area (Å²) < 4.78 is 43.8. The number of carboxylic acids is 2. The zero-order valence-corrected chi connectivity index (χ0v) is 25.9. The van der Waals surface area contributed by atoms with Crippen molar-refractivity contribution < 1.29 is 47.0 Å². The van der Waals surface area contributed by atoms with E-state index in [-0.39, 0.29) is 31.4 Å². The fourth-order valence-corrected chi connectivity index (χ4v) is 7.41. The lowest BCUT2D eigenvalue weighted by Crippen LogP contribution is -2.36. The minimum atomic E-state index is -4.13. The first kappa shape index (κ1) is 32.2. The summed E-state index contributed by atoms with van der Waals surface area (Å²) in [5, 5.41) is 18.6. The van der Waals surface area contributed by atoms with Gasteiger partial charge in [0, 0.05) is 18.2 Å². The second-order valence-corrected chi connectivity index (χ2v) is 13.5. The highest BCUT2D eigenvalue weighted by Crippen LogP contribution is 2.42. The van der Waals surface area contributed by atoms with Gasteiger partial charge in [-0.1, -0.05) is 24.0 Å². The molecule has 43 heavy (non-hydrogen) atoms. The maximum absolute atomic E-state index is 13.4. The molecule has 0 atom stereocenters. The Bertz CT molecular complexity index is 1840. The third-order valence-electron chi connectivity index (χ3n) is 6.17. The van der Waals surface area contributed by atoms with Crippen LogP contribution in [-0.4, -0.2) is 80.8 Å². The molecule has 0 saturated carbocycles. The summed E-state index contributed by atoms with van der Waals surface area (Å²) in [5.41, 5.74) is 0.387. The minimum Gasteiger partial charge on any atom is -0.497 e. The van der Waals surface area contributed by atoms with Gasteiger partial charge in [0.25, 0.3) is 21.6 Å². The van der Waals surface area contributed by atoms with E-state index in [9.17, 15) is 32.7 Å². The van der Waals surface area contributed by atoms with Crippen LogP contribution >= 0.6 is 35.3 Å². The summed E-state index contributed by atoms with van der Waals surface area (Å²) in [5.74, 6) is -2.45.